The summed E-state index contributed by atoms with van der Waals surface area (Å²) in [5.74, 6) is -1.06. The molecule has 1 aliphatic rings. The molecule has 2 heteroatoms. The van der Waals surface area contributed by atoms with Gasteiger partial charge in [0.1, 0.15) is 0 Å². The Morgan fingerprint density at radius 3 is 2.43 bits per heavy atom. The molecule has 1 aliphatic carbocycles. The molecule has 3 rings (SSSR count). The fourth-order valence-electron chi connectivity index (χ4n) is 3.18. The van der Waals surface area contributed by atoms with Crippen LogP contribution in [0.2, 0.25) is 0 Å². The van der Waals surface area contributed by atoms with E-state index in [0.717, 1.165) is 17.5 Å². The number of fused-ring (bicyclic) bond motifs is 1. The highest BCUT2D eigenvalue weighted by atomic mass is 16.4. The molecule has 21 heavy (non-hydrogen) atoms. The van der Waals surface area contributed by atoms with Crippen molar-refractivity contribution in [3.63, 3.8) is 0 Å². The minimum atomic E-state index is -0.709. The maximum Gasteiger partial charge on any atom is 0.307 e. The number of rotatable bonds is 5. The zero-order valence-electron chi connectivity index (χ0n) is 12.1. The third-order valence-corrected chi connectivity index (χ3v) is 4.32. The van der Waals surface area contributed by atoms with E-state index in [1.165, 1.54) is 24.0 Å². The molecular weight excluding hydrogens is 260 g/mol. The van der Waals surface area contributed by atoms with Gasteiger partial charge in [-0.05, 0) is 54.4 Å². The first kappa shape index (κ1) is 13.9. The average molecular weight is 280 g/mol. The van der Waals surface area contributed by atoms with Crippen LogP contribution in [0.25, 0.3) is 0 Å². The first-order valence-electron chi connectivity index (χ1n) is 7.60. The summed E-state index contributed by atoms with van der Waals surface area (Å²) in [4.78, 5) is 11.5. The number of carboxylic acids is 1. The average Bonchev–Trinajstić information content (AvgIpc) is 2.95. The fraction of sp³-hybridized carbons (Fsp3) is 0.316. The number of carboxylic acid groups (broad SMARTS) is 1. The molecule has 0 saturated heterocycles. The molecule has 1 N–H and O–H groups in total. The van der Waals surface area contributed by atoms with Crippen LogP contribution in [0.15, 0.2) is 48.5 Å². The minimum absolute atomic E-state index is 0.355. The topological polar surface area (TPSA) is 37.3 Å². The summed E-state index contributed by atoms with van der Waals surface area (Å²) in [6, 6.07) is 16.4. The maximum atomic E-state index is 11.5. The third kappa shape index (κ3) is 3.33. The van der Waals surface area contributed by atoms with E-state index in [9.17, 15) is 9.90 Å². The van der Waals surface area contributed by atoms with E-state index >= 15 is 0 Å². The van der Waals surface area contributed by atoms with Gasteiger partial charge in [0, 0.05) is 0 Å². The van der Waals surface area contributed by atoms with Gasteiger partial charge in [-0.25, -0.2) is 0 Å². The summed E-state index contributed by atoms with van der Waals surface area (Å²) in [6.45, 7) is 0. The van der Waals surface area contributed by atoms with Gasteiger partial charge in [0.2, 0.25) is 0 Å². The summed E-state index contributed by atoms with van der Waals surface area (Å²) in [6.07, 6.45) is 4.73. The van der Waals surface area contributed by atoms with Gasteiger partial charge in [-0.2, -0.15) is 0 Å². The van der Waals surface area contributed by atoms with Crippen molar-refractivity contribution in [2.75, 3.05) is 0 Å². The SMILES string of the molecule is O=C(O)C(Cc1ccccc1)Cc1ccc2c(c1)CCC2. The van der Waals surface area contributed by atoms with Gasteiger partial charge in [-0.1, -0.05) is 48.5 Å². The van der Waals surface area contributed by atoms with Crippen molar-refractivity contribution in [3.05, 3.63) is 70.8 Å². The van der Waals surface area contributed by atoms with E-state index in [-0.39, 0.29) is 5.92 Å². The molecule has 0 amide bonds. The van der Waals surface area contributed by atoms with Crippen molar-refractivity contribution in [1.29, 1.82) is 0 Å². The lowest BCUT2D eigenvalue weighted by atomic mass is 9.91. The number of aliphatic carboxylic acids is 1. The van der Waals surface area contributed by atoms with Crippen molar-refractivity contribution in [3.8, 4) is 0 Å². The predicted molar refractivity (Wildman–Crippen MR) is 83.4 cm³/mol. The van der Waals surface area contributed by atoms with E-state index < -0.39 is 5.97 Å². The van der Waals surface area contributed by atoms with Gasteiger partial charge in [-0.3, -0.25) is 4.79 Å². The normalized spacial score (nSPS) is 14.7. The molecule has 2 aromatic carbocycles. The maximum absolute atomic E-state index is 11.5. The summed E-state index contributed by atoms with van der Waals surface area (Å²) in [7, 11) is 0. The summed E-state index contributed by atoms with van der Waals surface area (Å²) in [5, 5.41) is 9.49. The van der Waals surface area contributed by atoms with Gasteiger partial charge in [0.15, 0.2) is 0 Å². The Labute approximate surface area is 125 Å². The summed E-state index contributed by atoms with van der Waals surface area (Å²) in [5.41, 5.74) is 5.09. The Balaban J connectivity index is 1.75. The Hall–Kier alpha value is -2.09. The second kappa shape index (κ2) is 6.13. The molecule has 0 bridgehead atoms. The second-order valence-corrected chi connectivity index (χ2v) is 5.89. The third-order valence-electron chi connectivity index (χ3n) is 4.32. The number of benzene rings is 2. The summed E-state index contributed by atoms with van der Waals surface area (Å²) < 4.78 is 0. The first-order chi connectivity index (χ1) is 10.2. The van der Waals surface area contributed by atoms with Crippen LogP contribution in [0.4, 0.5) is 0 Å². The lowest BCUT2D eigenvalue weighted by Gasteiger charge is -2.13. The van der Waals surface area contributed by atoms with Crippen LogP contribution in [0.5, 0.6) is 0 Å². The highest BCUT2D eigenvalue weighted by Gasteiger charge is 2.20. The molecule has 0 fully saturated rings. The molecule has 0 heterocycles. The largest absolute Gasteiger partial charge is 0.481 e. The van der Waals surface area contributed by atoms with Gasteiger partial charge >= 0.3 is 5.97 Å². The van der Waals surface area contributed by atoms with Crippen LogP contribution in [0, 0.1) is 5.92 Å². The Kier molecular flexibility index (Phi) is 4.05. The molecule has 1 unspecified atom stereocenters. The van der Waals surface area contributed by atoms with E-state index in [1.807, 2.05) is 30.3 Å². The standard InChI is InChI=1S/C19H20O2/c20-19(21)18(11-14-5-2-1-3-6-14)13-15-9-10-16-7-4-8-17(16)12-15/h1-3,5-6,9-10,12,18H,4,7-8,11,13H2,(H,20,21). The molecule has 108 valence electrons. The van der Waals surface area contributed by atoms with Crippen LogP contribution in [-0.2, 0) is 30.5 Å². The van der Waals surface area contributed by atoms with E-state index in [0.29, 0.717) is 12.8 Å². The van der Waals surface area contributed by atoms with Crippen LogP contribution in [-0.4, -0.2) is 11.1 Å². The number of carbonyl (C=O) groups is 1. The number of hydrogen-bond donors (Lipinski definition) is 1. The molecule has 0 aliphatic heterocycles. The van der Waals surface area contributed by atoms with E-state index in [1.54, 1.807) is 0 Å². The second-order valence-electron chi connectivity index (χ2n) is 5.89. The Morgan fingerprint density at radius 1 is 0.952 bits per heavy atom. The number of hydrogen-bond acceptors (Lipinski definition) is 1. The lowest BCUT2D eigenvalue weighted by molar-refractivity contribution is -0.141. The molecule has 2 aromatic rings. The quantitative estimate of drug-likeness (QED) is 0.907. The van der Waals surface area contributed by atoms with Crippen molar-refractivity contribution >= 4 is 5.97 Å². The number of aryl methyl sites for hydroxylation is 2. The van der Waals surface area contributed by atoms with Crippen molar-refractivity contribution < 1.29 is 9.90 Å². The predicted octanol–water partition coefficient (Wildman–Crippen LogP) is 3.66. The minimum Gasteiger partial charge on any atom is -0.481 e. The smallest absolute Gasteiger partial charge is 0.307 e. The molecule has 0 spiro atoms. The highest BCUT2D eigenvalue weighted by Crippen LogP contribution is 2.24. The van der Waals surface area contributed by atoms with Crippen molar-refractivity contribution in [2.24, 2.45) is 5.92 Å². The monoisotopic (exact) mass is 280 g/mol. The zero-order valence-corrected chi connectivity index (χ0v) is 12.1. The molecule has 0 saturated carbocycles. The van der Waals surface area contributed by atoms with Crippen molar-refractivity contribution in [1.82, 2.24) is 0 Å². The van der Waals surface area contributed by atoms with Crippen LogP contribution in [0.3, 0.4) is 0 Å². The molecule has 0 radical (unpaired) electrons. The lowest BCUT2D eigenvalue weighted by Crippen LogP contribution is -2.19. The summed E-state index contributed by atoms with van der Waals surface area (Å²) >= 11 is 0. The Bertz CT molecular complexity index is 631. The highest BCUT2D eigenvalue weighted by molar-refractivity contribution is 5.71. The van der Waals surface area contributed by atoms with Crippen LogP contribution >= 0.6 is 0 Å². The van der Waals surface area contributed by atoms with Gasteiger partial charge in [0.25, 0.3) is 0 Å². The van der Waals surface area contributed by atoms with Gasteiger partial charge in [-0.15, -0.1) is 0 Å². The molecular formula is C19H20O2. The zero-order chi connectivity index (χ0) is 14.7. The molecule has 2 nitrogen and oxygen atoms in total. The van der Waals surface area contributed by atoms with Crippen LogP contribution in [0.1, 0.15) is 28.7 Å². The van der Waals surface area contributed by atoms with E-state index in [2.05, 4.69) is 18.2 Å². The van der Waals surface area contributed by atoms with Crippen LogP contribution < -0.4 is 0 Å². The van der Waals surface area contributed by atoms with Crippen molar-refractivity contribution in [2.45, 2.75) is 32.1 Å². The fourth-order valence-corrected chi connectivity index (χ4v) is 3.18. The van der Waals surface area contributed by atoms with Gasteiger partial charge < -0.3 is 5.11 Å². The van der Waals surface area contributed by atoms with E-state index in [4.69, 9.17) is 0 Å². The Morgan fingerprint density at radius 2 is 1.67 bits per heavy atom. The molecule has 0 aromatic heterocycles. The molecule has 1 atom stereocenters. The van der Waals surface area contributed by atoms with Gasteiger partial charge in [0.05, 0.1) is 5.92 Å². The first-order valence-corrected chi connectivity index (χ1v) is 7.60.